The lowest BCUT2D eigenvalue weighted by molar-refractivity contribution is 0.327. The number of fused-ring (bicyclic) bond motifs is 1. The summed E-state index contributed by atoms with van der Waals surface area (Å²) in [5, 5.41) is 4.39. The summed E-state index contributed by atoms with van der Waals surface area (Å²) in [5.41, 5.74) is 5.86. The van der Waals surface area contributed by atoms with Gasteiger partial charge in [0.2, 0.25) is 5.95 Å². The van der Waals surface area contributed by atoms with Crippen molar-refractivity contribution >= 4 is 28.6 Å². The number of imidazole rings is 1. The highest BCUT2D eigenvalue weighted by atomic mass is 35.5. The molecule has 1 fully saturated rings. The summed E-state index contributed by atoms with van der Waals surface area (Å²) in [4.78, 5) is 9.39. The Morgan fingerprint density at radius 3 is 2.47 bits per heavy atom. The monoisotopic (exact) mass is 468 g/mol. The van der Waals surface area contributed by atoms with Crippen molar-refractivity contribution < 1.29 is 0 Å². The molecule has 2 aromatic heterocycles. The summed E-state index contributed by atoms with van der Waals surface area (Å²) in [7, 11) is 2.07. The summed E-state index contributed by atoms with van der Waals surface area (Å²) in [5.74, 6) is 8.08. The third-order valence-corrected chi connectivity index (χ3v) is 7.12. The van der Waals surface area contributed by atoms with Crippen molar-refractivity contribution in [3.05, 3.63) is 77.1 Å². The van der Waals surface area contributed by atoms with E-state index in [0.29, 0.717) is 6.04 Å². The van der Waals surface area contributed by atoms with Gasteiger partial charge in [-0.15, -0.1) is 0 Å². The van der Waals surface area contributed by atoms with E-state index in [1.165, 1.54) is 32.1 Å². The molecule has 4 nitrogen and oxygen atoms in total. The van der Waals surface area contributed by atoms with Crippen LogP contribution in [0.15, 0.2) is 60.8 Å². The normalized spacial score (nSPS) is 15.0. The molecule has 0 amide bonds. The second-order valence-electron chi connectivity index (χ2n) is 9.22. The fraction of sp³-hybridized carbons (Fsp3) is 0.310. The van der Waals surface area contributed by atoms with Gasteiger partial charge in [0, 0.05) is 35.4 Å². The molecule has 1 atom stereocenters. The number of pyridine rings is 1. The first-order valence-electron chi connectivity index (χ1n) is 12.0. The van der Waals surface area contributed by atoms with Crippen LogP contribution in [0.3, 0.4) is 0 Å². The third kappa shape index (κ3) is 4.95. The maximum atomic E-state index is 5.98. The number of aryl methyl sites for hydroxylation is 1. The van der Waals surface area contributed by atoms with Gasteiger partial charge in [0.1, 0.15) is 5.69 Å². The Hall–Kier alpha value is -3.29. The van der Waals surface area contributed by atoms with E-state index in [0.717, 1.165) is 50.3 Å². The Morgan fingerprint density at radius 2 is 1.74 bits per heavy atom. The number of rotatable bonds is 4. The van der Waals surface area contributed by atoms with Crippen LogP contribution < -0.4 is 5.32 Å². The maximum absolute atomic E-state index is 5.98. The van der Waals surface area contributed by atoms with E-state index in [-0.39, 0.29) is 0 Å². The van der Waals surface area contributed by atoms with Crippen LogP contribution in [0, 0.1) is 17.8 Å². The highest BCUT2D eigenvalue weighted by Gasteiger charge is 2.21. The summed E-state index contributed by atoms with van der Waals surface area (Å²) < 4.78 is 2.14. The fourth-order valence-electron chi connectivity index (χ4n) is 4.78. The minimum Gasteiger partial charge on any atom is -0.353 e. The Balaban J connectivity index is 1.31. The molecule has 0 spiro atoms. The number of nitrogens with zero attached hydrogens (tertiary/aromatic N) is 3. The first-order chi connectivity index (χ1) is 16.6. The van der Waals surface area contributed by atoms with Gasteiger partial charge in [-0.2, -0.15) is 0 Å². The molecule has 0 unspecified atom stereocenters. The number of nitrogens with one attached hydrogen (secondary N) is 1. The Labute approximate surface area is 206 Å². The summed E-state index contributed by atoms with van der Waals surface area (Å²) >= 11 is 5.98. The van der Waals surface area contributed by atoms with Crippen LogP contribution in [0.25, 0.3) is 22.2 Å². The van der Waals surface area contributed by atoms with E-state index >= 15 is 0 Å². The standard InChI is InChI=1S/C29H29ClN4/c1-20(22-6-4-3-5-7-22)32-29-33-27-18-21(9-17-28(27)34(29)2)8-15-26-16-12-24(19-31-26)23-10-13-25(30)14-11-23/h9-14,16-20,22H,3-7H2,1-2H3,(H,32,33)/t20-/m0/s1. The van der Waals surface area contributed by atoms with Gasteiger partial charge < -0.3 is 9.88 Å². The number of hydrogen-bond acceptors (Lipinski definition) is 3. The lowest BCUT2D eigenvalue weighted by Crippen LogP contribution is -2.28. The maximum Gasteiger partial charge on any atom is 0.203 e. The van der Waals surface area contributed by atoms with Crippen LogP contribution in [0.5, 0.6) is 0 Å². The minimum absolute atomic E-state index is 0.428. The van der Waals surface area contributed by atoms with Gasteiger partial charge in [-0.05, 0) is 73.6 Å². The predicted octanol–water partition coefficient (Wildman–Crippen LogP) is 7.07. The van der Waals surface area contributed by atoms with Gasteiger partial charge in [-0.3, -0.25) is 0 Å². The van der Waals surface area contributed by atoms with E-state index < -0.39 is 0 Å². The van der Waals surface area contributed by atoms with Crippen LogP contribution in [-0.2, 0) is 7.05 Å². The molecule has 2 aromatic carbocycles. The SMILES string of the molecule is C[C@H](Nc1nc2cc(C#Cc3ccc(-c4ccc(Cl)cc4)cn3)ccc2n1C)C1CCCCC1. The van der Waals surface area contributed by atoms with Crippen LogP contribution in [0.1, 0.15) is 50.3 Å². The quantitative estimate of drug-likeness (QED) is 0.326. The summed E-state index contributed by atoms with van der Waals surface area (Å²) in [6.45, 7) is 2.29. The van der Waals surface area contributed by atoms with Crippen molar-refractivity contribution in [3.8, 4) is 23.0 Å². The van der Waals surface area contributed by atoms with Crippen LogP contribution in [-0.4, -0.2) is 20.6 Å². The molecule has 4 aromatic rings. The molecular formula is C29H29ClN4. The average molecular weight is 469 g/mol. The number of anilines is 1. The van der Waals surface area contributed by atoms with Gasteiger partial charge >= 0.3 is 0 Å². The number of halogens is 1. The van der Waals surface area contributed by atoms with Gasteiger partial charge in [0.25, 0.3) is 0 Å². The smallest absolute Gasteiger partial charge is 0.203 e. The first-order valence-corrected chi connectivity index (χ1v) is 12.4. The van der Waals surface area contributed by atoms with Crippen molar-refractivity contribution in [3.63, 3.8) is 0 Å². The third-order valence-electron chi connectivity index (χ3n) is 6.87. The van der Waals surface area contributed by atoms with Crippen molar-refractivity contribution in [2.45, 2.75) is 45.1 Å². The molecule has 1 aliphatic carbocycles. The highest BCUT2D eigenvalue weighted by Crippen LogP contribution is 2.29. The van der Waals surface area contributed by atoms with Crippen molar-refractivity contribution in [2.75, 3.05) is 5.32 Å². The van der Waals surface area contributed by atoms with Crippen LogP contribution in [0.4, 0.5) is 5.95 Å². The predicted molar refractivity (Wildman–Crippen MR) is 141 cm³/mol. The zero-order chi connectivity index (χ0) is 23.5. The van der Waals surface area contributed by atoms with E-state index in [9.17, 15) is 0 Å². The Morgan fingerprint density at radius 1 is 0.971 bits per heavy atom. The van der Waals surface area contributed by atoms with Crippen molar-refractivity contribution in [2.24, 2.45) is 13.0 Å². The van der Waals surface area contributed by atoms with Crippen LogP contribution in [0.2, 0.25) is 5.02 Å². The van der Waals surface area contributed by atoms with Gasteiger partial charge in [-0.25, -0.2) is 9.97 Å². The molecule has 0 bridgehead atoms. The largest absolute Gasteiger partial charge is 0.353 e. The average Bonchev–Trinajstić information content (AvgIpc) is 3.18. The molecule has 1 aliphatic rings. The zero-order valence-corrected chi connectivity index (χ0v) is 20.4. The second kappa shape index (κ2) is 9.91. The lowest BCUT2D eigenvalue weighted by atomic mass is 9.85. The highest BCUT2D eigenvalue weighted by molar-refractivity contribution is 6.30. The van der Waals surface area contributed by atoms with Crippen molar-refractivity contribution in [1.82, 2.24) is 14.5 Å². The van der Waals surface area contributed by atoms with E-state index in [4.69, 9.17) is 16.6 Å². The lowest BCUT2D eigenvalue weighted by Gasteiger charge is -2.28. The first kappa shape index (κ1) is 22.5. The van der Waals surface area contributed by atoms with E-state index in [2.05, 4.69) is 52.8 Å². The molecule has 1 saturated carbocycles. The molecule has 0 aliphatic heterocycles. The second-order valence-corrected chi connectivity index (χ2v) is 9.65. The topological polar surface area (TPSA) is 42.7 Å². The molecule has 0 radical (unpaired) electrons. The molecule has 2 heterocycles. The van der Waals surface area contributed by atoms with E-state index in [1.54, 1.807) is 0 Å². The van der Waals surface area contributed by atoms with Gasteiger partial charge in [-0.1, -0.05) is 55.0 Å². The van der Waals surface area contributed by atoms with Crippen LogP contribution >= 0.6 is 11.6 Å². The summed E-state index contributed by atoms with van der Waals surface area (Å²) in [6.07, 6.45) is 8.54. The molecule has 0 saturated heterocycles. The molecule has 5 heteroatoms. The molecular weight excluding hydrogens is 440 g/mol. The van der Waals surface area contributed by atoms with Crippen molar-refractivity contribution in [1.29, 1.82) is 0 Å². The summed E-state index contributed by atoms with van der Waals surface area (Å²) in [6, 6.07) is 18.4. The number of benzene rings is 2. The number of aromatic nitrogens is 3. The molecule has 34 heavy (non-hydrogen) atoms. The Kier molecular flexibility index (Phi) is 6.56. The zero-order valence-electron chi connectivity index (χ0n) is 19.7. The minimum atomic E-state index is 0.428. The fourth-order valence-corrected chi connectivity index (χ4v) is 4.91. The molecule has 172 valence electrons. The molecule has 5 rings (SSSR count). The van der Waals surface area contributed by atoms with E-state index in [1.807, 2.05) is 48.7 Å². The van der Waals surface area contributed by atoms with Gasteiger partial charge in [0.15, 0.2) is 0 Å². The van der Waals surface area contributed by atoms with Gasteiger partial charge in [0.05, 0.1) is 11.0 Å². The number of hydrogen-bond donors (Lipinski definition) is 1. The Bertz CT molecular complexity index is 1340. The molecule has 1 N–H and O–H groups in total.